The average molecular weight is 260 g/mol. The van der Waals surface area contributed by atoms with Crippen molar-refractivity contribution in [2.24, 2.45) is 40.4 Å². The molecule has 5 aliphatic rings. The molecule has 0 amide bonds. The van der Waals surface area contributed by atoms with E-state index in [2.05, 4.69) is 20.8 Å². The topological polar surface area (TPSA) is 0 Å². The lowest BCUT2D eigenvalue weighted by atomic mass is 9.57. The normalized spacial score (nSPS) is 59.8. The van der Waals surface area contributed by atoms with E-state index in [1.165, 1.54) is 19.3 Å². The molecule has 0 nitrogen and oxygen atoms in total. The molecule has 0 saturated heterocycles. The van der Waals surface area contributed by atoms with Crippen molar-refractivity contribution in [2.75, 3.05) is 0 Å². The quantitative estimate of drug-likeness (QED) is 0.570. The number of fused-ring (bicyclic) bond motifs is 2. The van der Waals surface area contributed by atoms with E-state index in [1.807, 2.05) is 0 Å². The summed E-state index contributed by atoms with van der Waals surface area (Å²) in [5.41, 5.74) is 1.56. The molecule has 0 heterocycles. The first-order valence-corrected chi connectivity index (χ1v) is 9.10. The SMILES string of the molecule is CCC1CC2CCC1C1(C)CC1C21CCCC(C)C1. The Hall–Kier alpha value is 0. The van der Waals surface area contributed by atoms with Crippen molar-refractivity contribution in [1.29, 1.82) is 0 Å². The third-order valence-electron chi connectivity index (χ3n) is 8.21. The van der Waals surface area contributed by atoms with E-state index in [4.69, 9.17) is 0 Å². The second-order valence-electron chi connectivity index (χ2n) is 8.98. The summed E-state index contributed by atoms with van der Waals surface area (Å²) in [6, 6.07) is 0. The van der Waals surface area contributed by atoms with Crippen LogP contribution in [0.25, 0.3) is 0 Å². The fraction of sp³-hybridized carbons (Fsp3) is 1.00. The summed E-state index contributed by atoms with van der Waals surface area (Å²) < 4.78 is 0. The molecule has 7 atom stereocenters. The summed E-state index contributed by atoms with van der Waals surface area (Å²) in [5, 5.41) is 0. The van der Waals surface area contributed by atoms with Gasteiger partial charge in [-0.25, -0.2) is 0 Å². The molecule has 5 saturated carbocycles. The van der Waals surface area contributed by atoms with Crippen molar-refractivity contribution in [3.63, 3.8) is 0 Å². The zero-order valence-corrected chi connectivity index (χ0v) is 13.3. The minimum absolute atomic E-state index is 0.767. The molecule has 108 valence electrons. The molecule has 0 aromatic heterocycles. The Bertz CT molecular complexity index is 372. The van der Waals surface area contributed by atoms with Crippen molar-refractivity contribution in [1.82, 2.24) is 0 Å². The molecular weight excluding hydrogens is 228 g/mol. The van der Waals surface area contributed by atoms with Crippen molar-refractivity contribution >= 4 is 0 Å². The number of hydrogen-bond acceptors (Lipinski definition) is 0. The van der Waals surface area contributed by atoms with Gasteiger partial charge in [0.2, 0.25) is 0 Å². The van der Waals surface area contributed by atoms with Crippen LogP contribution in [0.5, 0.6) is 0 Å². The molecule has 5 rings (SSSR count). The van der Waals surface area contributed by atoms with Crippen LogP contribution in [-0.4, -0.2) is 0 Å². The van der Waals surface area contributed by atoms with E-state index in [1.54, 1.807) is 38.5 Å². The molecule has 2 bridgehead atoms. The van der Waals surface area contributed by atoms with Crippen LogP contribution in [0, 0.1) is 40.4 Å². The monoisotopic (exact) mass is 260 g/mol. The van der Waals surface area contributed by atoms with Crippen LogP contribution in [0.1, 0.15) is 78.6 Å². The summed E-state index contributed by atoms with van der Waals surface area (Å²) in [5.74, 6) is 5.40. The molecule has 7 unspecified atom stereocenters. The van der Waals surface area contributed by atoms with Crippen molar-refractivity contribution in [2.45, 2.75) is 78.6 Å². The highest BCUT2D eigenvalue weighted by atomic mass is 14.7. The van der Waals surface area contributed by atoms with Gasteiger partial charge in [-0.15, -0.1) is 0 Å². The minimum Gasteiger partial charge on any atom is -0.0651 e. The van der Waals surface area contributed by atoms with Crippen molar-refractivity contribution < 1.29 is 0 Å². The lowest BCUT2D eigenvalue weighted by Crippen LogP contribution is -2.38. The largest absolute Gasteiger partial charge is 0.0651 e. The second kappa shape index (κ2) is 4.01. The summed E-state index contributed by atoms with van der Waals surface area (Å²) in [4.78, 5) is 0. The predicted molar refractivity (Wildman–Crippen MR) is 80.9 cm³/mol. The van der Waals surface area contributed by atoms with Crippen LogP contribution in [-0.2, 0) is 0 Å². The van der Waals surface area contributed by atoms with Crippen molar-refractivity contribution in [3.8, 4) is 0 Å². The Kier molecular flexibility index (Phi) is 2.69. The zero-order chi connectivity index (χ0) is 13.3. The smallest absolute Gasteiger partial charge is 0.0233 e. The van der Waals surface area contributed by atoms with E-state index in [0.717, 1.165) is 40.4 Å². The fourth-order valence-electron chi connectivity index (χ4n) is 7.36. The Labute approximate surface area is 119 Å². The zero-order valence-electron chi connectivity index (χ0n) is 13.3. The van der Waals surface area contributed by atoms with Crippen LogP contribution in [0.3, 0.4) is 0 Å². The highest BCUT2D eigenvalue weighted by Crippen LogP contribution is 2.77. The Morgan fingerprint density at radius 3 is 2.68 bits per heavy atom. The third-order valence-corrected chi connectivity index (χ3v) is 8.21. The van der Waals surface area contributed by atoms with Gasteiger partial charge in [-0.2, -0.15) is 0 Å². The minimum atomic E-state index is 0.767. The van der Waals surface area contributed by atoms with Gasteiger partial charge in [0.1, 0.15) is 0 Å². The molecule has 0 aromatic carbocycles. The highest BCUT2D eigenvalue weighted by Gasteiger charge is 2.69. The molecule has 0 aromatic rings. The number of rotatable bonds is 1. The molecule has 19 heavy (non-hydrogen) atoms. The maximum Gasteiger partial charge on any atom is -0.0233 e. The van der Waals surface area contributed by atoms with Crippen molar-refractivity contribution in [3.05, 3.63) is 0 Å². The molecular formula is C19H32. The summed E-state index contributed by atoms with van der Waals surface area (Å²) in [6.07, 6.45) is 14.0. The van der Waals surface area contributed by atoms with Gasteiger partial charge in [0, 0.05) is 0 Å². The lowest BCUT2D eigenvalue weighted by Gasteiger charge is -2.48. The van der Waals surface area contributed by atoms with E-state index < -0.39 is 0 Å². The molecule has 1 spiro atoms. The van der Waals surface area contributed by atoms with Gasteiger partial charge in [0.25, 0.3) is 0 Å². The Balaban J connectivity index is 1.73. The first kappa shape index (κ1) is 12.7. The van der Waals surface area contributed by atoms with Gasteiger partial charge in [0.15, 0.2) is 0 Å². The Morgan fingerprint density at radius 2 is 1.95 bits per heavy atom. The summed E-state index contributed by atoms with van der Waals surface area (Å²) >= 11 is 0. The molecule has 0 radical (unpaired) electrons. The highest BCUT2D eigenvalue weighted by molar-refractivity contribution is 5.18. The standard InChI is InChI=1S/C19H32/c1-4-14-10-15-7-8-16(14)18(3)12-17(18)19(15)9-5-6-13(2)11-19/h13-17H,4-12H2,1-3H3. The average Bonchev–Trinajstić information content (AvgIpc) is 3.13. The summed E-state index contributed by atoms with van der Waals surface area (Å²) in [7, 11) is 0. The second-order valence-corrected chi connectivity index (χ2v) is 8.98. The van der Waals surface area contributed by atoms with Crippen LogP contribution in [0.4, 0.5) is 0 Å². The first-order chi connectivity index (χ1) is 9.10. The van der Waals surface area contributed by atoms with E-state index in [-0.39, 0.29) is 0 Å². The molecule has 5 aliphatic carbocycles. The Morgan fingerprint density at radius 1 is 1.11 bits per heavy atom. The molecule has 0 heteroatoms. The fourth-order valence-corrected chi connectivity index (χ4v) is 7.36. The van der Waals surface area contributed by atoms with Crippen LogP contribution in [0.2, 0.25) is 0 Å². The van der Waals surface area contributed by atoms with Crippen LogP contribution in [0.15, 0.2) is 0 Å². The van der Waals surface area contributed by atoms with Gasteiger partial charge in [0.05, 0.1) is 0 Å². The maximum absolute atomic E-state index is 2.68. The molecule has 0 aliphatic heterocycles. The maximum atomic E-state index is 2.68. The van der Waals surface area contributed by atoms with Gasteiger partial charge in [-0.1, -0.05) is 40.0 Å². The lowest BCUT2D eigenvalue weighted by molar-refractivity contribution is 0.0200. The summed E-state index contributed by atoms with van der Waals surface area (Å²) in [6.45, 7) is 7.68. The van der Waals surface area contributed by atoms with Crippen LogP contribution < -0.4 is 0 Å². The van der Waals surface area contributed by atoms with E-state index >= 15 is 0 Å². The molecule has 0 N–H and O–H groups in total. The first-order valence-electron chi connectivity index (χ1n) is 9.10. The number of hydrogen-bond donors (Lipinski definition) is 0. The van der Waals surface area contributed by atoms with Gasteiger partial charge in [-0.05, 0) is 78.9 Å². The third kappa shape index (κ3) is 1.58. The van der Waals surface area contributed by atoms with Crippen LogP contribution >= 0.6 is 0 Å². The van der Waals surface area contributed by atoms with Gasteiger partial charge in [-0.3, -0.25) is 0 Å². The molecule has 5 fully saturated rings. The van der Waals surface area contributed by atoms with Gasteiger partial charge < -0.3 is 0 Å². The predicted octanol–water partition coefficient (Wildman–Crippen LogP) is 5.67. The van der Waals surface area contributed by atoms with E-state index in [0.29, 0.717) is 0 Å². The van der Waals surface area contributed by atoms with Gasteiger partial charge >= 0.3 is 0 Å². The van der Waals surface area contributed by atoms with E-state index in [9.17, 15) is 0 Å².